The Morgan fingerprint density at radius 1 is 1.21 bits per heavy atom. The summed E-state index contributed by atoms with van der Waals surface area (Å²) in [6.45, 7) is 10.3. The van der Waals surface area contributed by atoms with Crippen molar-refractivity contribution >= 4 is 5.91 Å². The van der Waals surface area contributed by atoms with E-state index in [4.69, 9.17) is 4.74 Å². The maximum Gasteiger partial charge on any atom is 0.261 e. The van der Waals surface area contributed by atoms with Gasteiger partial charge in [0.2, 0.25) is 0 Å². The monoisotopic (exact) mass is 332 g/mol. The summed E-state index contributed by atoms with van der Waals surface area (Å²) in [4.78, 5) is 14.8. The lowest BCUT2D eigenvalue weighted by molar-refractivity contribution is -0.128. The Labute approximate surface area is 146 Å². The van der Waals surface area contributed by atoms with Crippen LogP contribution in [0.25, 0.3) is 0 Å². The summed E-state index contributed by atoms with van der Waals surface area (Å²) in [5, 5.41) is 3.03. The quantitative estimate of drug-likeness (QED) is 0.741. The maximum atomic E-state index is 12.3. The number of benzene rings is 1. The van der Waals surface area contributed by atoms with Crippen molar-refractivity contribution in [3.63, 3.8) is 0 Å². The Morgan fingerprint density at radius 3 is 2.62 bits per heavy atom. The third-order valence-corrected chi connectivity index (χ3v) is 4.82. The Kier molecular flexibility index (Phi) is 7.57. The zero-order valence-electron chi connectivity index (χ0n) is 15.4. The average molecular weight is 332 g/mol. The highest BCUT2D eigenvalue weighted by Crippen LogP contribution is 2.18. The highest BCUT2D eigenvalue weighted by molar-refractivity contribution is 5.81. The molecule has 2 rings (SSSR count). The van der Waals surface area contributed by atoms with Crippen molar-refractivity contribution in [1.29, 1.82) is 0 Å². The molecule has 1 aromatic carbocycles. The predicted octanol–water partition coefficient (Wildman–Crippen LogP) is 3.45. The summed E-state index contributed by atoms with van der Waals surface area (Å²) in [7, 11) is 0. The van der Waals surface area contributed by atoms with E-state index < -0.39 is 6.10 Å². The van der Waals surface area contributed by atoms with Crippen molar-refractivity contribution in [2.75, 3.05) is 26.2 Å². The Hall–Kier alpha value is -1.55. The third kappa shape index (κ3) is 5.82. The van der Waals surface area contributed by atoms with E-state index in [9.17, 15) is 4.79 Å². The lowest BCUT2D eigenvalue weighted by Gasteiger charge is -2.26. The van der Waals surface area contributed by atoms with Gasteiger partial charge in [-0.25, -0.2) is 0 Å². The fraction of sp³-hybridized carbons (Fsp3) is 0.650. The molecule has 0 radical (unpaired) electrons. The van der Waals surface area contributed by atoms with Crippen molar-refractivity contribution < 1.29 is 9.53 Å². The van der Waals surface area contributed by atoms with Crippen LogP contribution in [0.3, 0.4) is 0 Å². The summed E-state index contributed by atoms with van der Waals surface area (Å²) in [5.74, 6) is 0.766. The molecule has 24 heavy (non-hydrogen) atoms. The number of amides is 1. The minimum atomic E-state index is -0.415. The summed E-state index contributed by atoms with van der Waals surface area (Å²) < 4.78 is 5.89. The summed E-state index contributed by atoms with van der Waals surface area (Å²) in [6, 6.07) is 5.98. The summed E-state index contributed by atoms with van der Waals surface area (Å²) in [5.41, 5.74) is 2.42. The number of carbonyl (C=O) groups is 1. The van der Waals surface area contributed by atoms with Crippen LogP contribution in [-0.2, 0) is 4.79 Å². The van der Waals surface area contributed by atoms with E-state index in [0.29, 0.717) is 6.42 Å². The number of aryl methyl sites for hydroxylation is 2. The van der Waals surface area contributed by atoms with Crippen LogP contribution >= 0.6 is 0 Å². The standard InChI is InChI=1S/C20H32N2O2/c1-4-19(24-18-10-9-16(2)17(3)15-18)20(23)21-11-8-14-22-12-6-5-7-13-22/h9-10,15,19H,4-8,11-14H2,1-3H3,(H,21,23)/t19-/m1/s1. The lowest BCUT2D eigenvalue weighted by Crippen LogP contribution is -2.39. The van der Waals surface area contributed by atoms with Crippen molar-refractivity contribution in [2.24, 2.45) is 0 Å². The molecule has 1 heterocycles. The van der Waals surface area contributed by atoms with Crippen molar-refractivity contribution in [3.05, 3.63) is 29.3 Å². The normalized spacial score (nSPS) is 16.6. The molecule has 0 bridgehead atoms. The smallest absolute Gasteiger partial charge is 0.261 e. The van der Waals surface area contributed by atoms with Crippen LogP contribution in [-0.4, -0.2) is 43.1 Å². The van der Waals surface area contributed by atoms with E-state index in [2.05, 4.69) is 24.1 Å². The van der Waals surface area contributed by atoms with E-state index >= 15 is 0 Å². The predicted molar refractivity (Wildman–Crippen MR) is 98.5 cm³/mol. The second-order valence-electron chi connectivity index (χ2n) is 6.81. The van der Waals surface area contributed by atoms with Gasteiger partial charge in [-0.2, -0.15) is 0 Å². The molecule has 1 amide bonds. The molecule has 0 aromatic heterocycles. The molecule has 1 aliphatic rings. The van der Waals surface area contributed by atoms with Crippen LogP contribution < -0.4 is 10.1 Å². The first-order chi connectivity index (χ1) is 11.6. The first-order valence-electron chi connectivity index (χ1n) is 9.34. The molecule has 4 nitrogen and oxygen atoms in total. The Morgan fingerprint density at radius 2 is 1.96 bits per heavy atom. The van der Waals surface area contributed by atoms with Crippen LogP contribution in [0, 0.1) is 13.8 Å². The zero-order valence-corrected chi connectivity index (χ0v) is 15.4. The second-order valence-corrected chi connectivity index (χ2v) is 6.81. The highest BCUT2D eigenvalue weighted by Gasteiger charge is 2.18. The van der Waals surface area contributed by atoms with Crippen LogP contribution in [0.15, 0.2) is 18.2 Å². The minimum Gasteiger partial charge on any atom is -0.481 e. The zero-order chi connectivity index (χ0) is 17.4. The molecule has 134 valence electrons. The number of rotatable bonds is 8. The van der Waals surface area contributed by atoms with Gasteiger partial charge in [-0.3, -0.25) is 4.79 Å². The molecule has 0 aliphatic carbocycles. The third-order valence-electron chi connectivity index (χ3n) is 4.82. The van der Waals surface area contributed by atoms with Crippen molar-refractivity contribution in [2.45, 2.75) is 59.0 Å². The van der Waals surface area contributed by atoms with Crippen LogP contribution in [0.2, 0.25) is 0 Å². The number of nitrogens with one attached hydrogen (secondary N) is 1. The van der Waals surface area contributed by atoms with E-state index in [1.54, 1.807) is 0 Å². The first kappa shape index (κ1) is 18.8. The molecule has 0 saturated carbocycles. The number of hydrogen-bond donors (Lipinski definition) is 1. The maximum absolute atomic E-state index is 12.3. The van der Waals surface area contributed by atoms with E-state index in [0.717, 1.165) is 25.3 Å². The number of likely N-dealkylation sites (tertiary alicyclic amines) is 1. The number of carbonyl (C=O) groups excluding carboxylic acids is 1. The molecule has 1 aromatic rings. The SMILES string of the molecule is CC[C@@H](Oc1ccc(C)c(C)c1)C(=O)NCCCN1CCCCC1. The summed E-state index contributed by atoms with van der Waals surface area (Å²) in [6.07, 6.45) is 5.25. The van der Waals surface area contributed by atoms with Gasteiger partial charge >= 0.3 is 0 Å². The van der Waals surface area contributed by atoms with Crippen molar-refractivity contribution in [3.8, 4) is 5.75 Å². The number of nitrogens with zero attached hydrogens (tertiary/aromatic N) is 1. The van der Waals surface area contributed by atoms with Gasteiger partial charge in [0.05, 0.1) is 0 Å². The van der Waals surface area contributed by atoms with Gasteiger partial charge in [0.15, 0.2) is 6.10 Å². The Balaban J connectivity index is 1.73. The van der Waals surface area contributed by atoms with E-state index in [1.165, 1.54) is 43.5 Å². The molecule has 1 N–H and O–H groups in total. The first-order valence-corrected chi connectivity index (χ1v) is 9.34. The minimum absolute atomic E-state index is 0.00521. The van der Waals surface area contributed by atoms with Crippen LogP contribution in [0.4, 0.5) is 0 Å². The van der Waals surface area contributed by atoms with Crippen LogP contribution in [0.1, 0.15) is 50.2 Å². The van der Waals surface area contributed by atoms with Crippen LogP contribution in [0.5, 0.6) is 5.75 Å². The van der Waals surface area contributed by atoms with Gasteiger partial charge in [0.25, 0.3) is 5.91 Å². The molecular weight excluding hydrogens is 300 g/mol. The average Bonchev–Trinajstić information content (AvgIpc) is 2.60. The van der Waals surface area contributed by atoms with Crippen molar-refractivity contribution in [1.82, 2.24) is 10.2 Å². The lowest BCUT2D eigenvalue weighted by atomic mass is 10.1. The van der Waals surface area contributed by atoms with Gasteiger partial charge < -0.3 is 15.0 Å². The highest BCUT2D eigenvalue weighted by atomic mass is 16.5. The van der Waals surface area contributed by atoms with Gasteiger partial charge in [0, 0.05) is 6.54 Å². The summed E-state index contributed by atoms with van der Waals surface area (Å²) >= 11 is 0. The number of hydrogen-bond acceptors (Lipinski definition) is 3. The molecule has 1 aliphatic heterocycles. The van der Waals surface area contributed by atoms with E-state index in [-0.39, 0.29) is 5.91 Å². The van der Waals surface area contributed by atoms with Gasteiger partial charge in [-0.05, 0) is 82.4 Å². The molecule has 0 unspecified atom stereocenters. The number of piperidine rings is 1. The molecule has 4 heteroatoms. The topological polar surface area (TPSA) is 41.6 Å². The van der Waals surface area contributed by atoms with Gasteiger partial charge in [-0.1, -0.05) is 19.4 Å². The van der Waals surface area contributed by atoms with Gasteiger partial charge in [0.1, 0.15) is 5.75 Å². The molecule has 1 fully saturated rings. The fourth-order valence-electron chi connectivity index (χ4n) is 3.08. The molecule has 1 atom stereocenters. The van der Waals surface area contributed by atoms with Gasteiger partial charge in [-0.15, -0.1) is 0 Å². The molecular formula is C20H32N2O2. The molecule has 1 saturated heterocycles. The number of ether oxygens (including phenoxy) is 1. The fourth-order valence-corrected chi connectivity index (χ4v) is 3.08. The Bertz CT molecular complexity index is 524. The largest absolute Gasteiger partial charge is 0.481 e. The molecule has 0 spiro atoms. The van der Waals surface area contributed by atoms with E-state index in [1.807, 2.05) is 25.1 Å². The second kappa shape index (κ2) is 9.67.